The number of ether oxygens (including phenoxy) is 2. The van der Waals surface area contributed by atoms with Gasteiger partial charge in [-0.05, 0) is 6.07 Å². The minimum absolute atomic E-state index is 0.0962. The molecule has 25 heavy (non-hydrogen) atoms. The first-order valence-electron chi connectivity index (χ1n) is 7.40. The molecule has 0 aromatic heterocycles. The van der Waals surface area contributed by atoms with Gasteiger partial charge in [0.1, 0.15) is 23.7 Å². The maximum atomic E-state index is 12.7. The van der Waals surface area contributed by atoms with E-state index in [4.69, 9.17) is 9.47 Å². The van der Waals surface area contributed by atoms with Crippen molar-refractivity contribution in [2.45, 2.75) is 0 Å². The van der Waals surface area contributed by atoms with Crippen LogP contribution in [0, 0.1) is 0 Å². The number of carbonyl (C=O) groups is 3. The number of methoxy groups -OCH3 is 1. The number of hydrogen-bond acceptors (Lipinski definition) is 7. The highest BCUT2D eigenvalue weighted by molar-refractivity contribution is 6.30. The van der Waals surface area contributed by atoms with Crippen LogP contribution in [0.15, 0.2) is 30.3 Å². The van der Waals surface area contributed by atoms with Crippen LogP contribution in [-0.4, -0.2) is 48.1 Å². The van der Waals surface area contributed by atoms with Gasteiger partial charge in [0, 0.05) is 23.8 Å². The molecule has 0 spiro atoms. The van der Waals surface area contributed by atoms with Gasteiger partial charge in [0.05, 0.1) is 12.2 Å². The second kappa shape index (κ2) is 6.37. The van der Waals surface area contributed by atoms with Gasteiger partial charge in [-0.2, -0.15) is 0 Å². The number of carbonyl (C=O) groups excluding carboxylic acids is 3. The maximum Gasteiger partial charge on any atom is 0.345 e. The number of esters is 1. The van der Waals surface area contributed by atoms with Gasteiger partial charge < -0.3 is 19.7 Å². The largest absolute Gasteiger partial charge is 0.507 e. The molecular formula is C18H14O7. The summed E-state index contributed by atoms with van der Waals surface area (Å²) in [5.41, 5.74) is -0.739. The second-order valence-electron chi connectivity index (χ2n) is 5.37. The van der Waals surface area contributed by atoms with E-state index < -0.39 is 34.6 Å². The van der Waals surface area contributed by atoms with E-state index in [9.17, 15) is 24.6 Å². The summed E-state index contributed by atoms with van der Waals surface area (Å²) >= 11 is 0. The van der Waals surface area contributed by atoms with Crippen molar-refractivity contribution in [1.29, 1.82) is 0 Å². The van der Waals surface area contributed by atoms with E-state index in [1.807, 2.05) is 0 Å². The van der Waals surface area contributed by atoms with E-state index in [2.05, 4.69) is 0 Å². The van der Waals surface area contributed by atoms with Crippen molar-refractivity contribution in [3.63, 3.8) is 0 Å². The lowest BCUT2D eigenvalue weighted by atomic mass is 9.82. The van der Waals surface area contributed by atoms with E-state index in [0.29, 0.717) is 0 Å². The van der Waals surface area contributed by atoms with Crippen LogP contribution < -0.4 is 0 Å². The molecule has 0 amide bonds. The summed E-state index contributed by atoms with van der Waals surface area (Å²) < 4.78 is 9.62. The van der Waals surface area contributed by atoms with E-state index in [-0.39, 0.29) is 35.5 Å². The third kappa shape index (κ3) is 2.64. The molecule has 1 aliphatic rings. The summed E-state index contributed by atoms with van der Waals surface area (Å²) in [6, 6.07) is 7.14. The van der Waals surface area contributed by atoms with Gasteiger partial charge in [-0.15, -0.1) is 0 Å². The fourth-order valence-electron chi connectivity index (χ4n) is 2.71. The summed E-state index contributed by atoms with van der Waals surface area (Å²) in [4.78, 5) is 37.3. The summed E-state index contributed by atoms with van der Waals surface area (Å²) in [6.07, 6.45) is 0. The van der Waals surface area contributed by atoms with Crippen LogP contribution in [0.25, 0.3) is 0 Å². The first-order valence-corrected chi connectivity index (χ1v) is 7.40. The standard InChI is InChI=1S/C18H14O7/c1-24-6-7-25-18(23)14-12(19)8-11-13(17(14)22)16(21)10-5-3-2-4-9(10)15(11)20/h2-5,8,19,22H,6-7H2,1H3. The second-order valence-corrected chi connectivity index (χ2v) is 5.37. The van der Waals surface area contributed by atoms with Gasteiger partial charge in [0.2, 0.25) is 0 Å². The van der Waals surface area contributed by atoms with Crippen LogP contribution in [0.5, 0.6) is 11.5 Å². The predicted molar refractivity (Wildman–Crippen MR) is 85.2 cm³/mol. The normalized spacial score (nSPS) is 12.5. The summed E-state index contributed by atoms with van der Waals surface area (Å²) in [5.74, 6) is -3.55. The number of phenols is 2. The molecule has 0 bridgehead atoms. The van der Waals surface area contributed by atoms with Crippen LogP contribution in [0.4, 0.5) is 0 Å². The first-order chi connectivity index (χ1) is 12.0. The highest BCUT2D eigenvalue weighted by Crippen LogP contribution is 2.39. The van der Waals surface area contributed by atoms with Crippen LogP contribution in [0.2, 0.25) is 0 Å². The molecule has 3 rings (SSSR count). The lowest BCUT2D eigenvalue weighted by molar-refractivity contribution is 0.0381. The van der Waals surface area contributed by atoms with E-state index in [1.54, 1.807) is 12.1 Å². The van der Waals surface area contributed by atoms with Crippen molar-refractivity contribution in [2.24, 2.45) is 0 Å². The lowest BCUT2D eigenvalue weighted by Crippen LogP contribution is -2.22. The maximum absolute atomic E-state index is 12.7. The molecule has 128 valence electrons. The Kier molecular flexibility index (Phi) is 4.24. The Balaban J connectivity index is 2.11. The van der Waals surface area contributed by atoms with Gasteiger partial charge in [-0.25, -0.2) is 4.79 Å². The number of aromatic hydroxyl groups is 2. The zero-order chi connectivity index (χ0) is 18.1. The Morgan fingerprint density at radius 2 is 1.64 bits per heavy atom. The minimum Gasteiger partial charge on any atom is -0.507 e. The predicted octanol–water partition coefficient (Wildman–Crippen LogP) is 1.68. The van der Waals surface area contributed by atoms with Gasteiger partial charge in [-0.1, -0.05) is 24.3 Å². The zero-order valence-electron chi connectivity index (χ0n) is 13.2. The molecule has 0 aliphatic heterocycles. The van der Waals surface area contributed by atoms with Crippen molar-refractivity contribution in [3.8, 4) is 11.5 Å². The summed E-state index contributed by atoms with van der Waals surface area (Å²) in [5, 5.41) is 20.5. The third-order valence-electron chi connectivity index (χ3n) is 3.89. The number of phenolic OH excluding ortho intramolecular Hbond substituents is 2. The molecule has 2 N–H and O–H groups in total. The van der Waals surface area contributed by atoms with E-state index >= 15 is 0 Å². The molecule has 0 saturated heterocycles. The fourth-order valence-corrected chi connectivity index (χ4v) is 2.71. The highest BCUT2D eigenvalue weighted by Gasteiger charge is 2.35. The zero-order valence-corrected chi connectivity index (χ0v) is 13.2. The smallest absolute Gasteiger partial charge is 0.345 e. The minimum atomic E-state index is -1.02. The first kappa shape index (κ1) is 16.7. The topological polar surface area (TPSA) is 110 Å². The number of benzene rings is 2. The van der Waals surface area contributed by atoms with Crippen molar-refractivity contribution in [3.05, 3.63) is 58.1 Å². The molecule has 0 fully saturated rings. The van der Waals surface area contributed by atoms with Crippen molar-refractivity contribution >= 4 is 17.5 Å². The molecule has 2 aromatic rings. The fraction of sp³-hybridized carbons (Fsp3) is 0.167. The number of fused-ring (bicyclic) bond motifs is 2. The Labute approximate surface area is 142 Å². The molecule has 0 unspecified atom stereocenters. The van der Waals surface area contributed by atoms with Crippen molar-refractivity contribution in [2.75, 3.05) is 20.3 Å². The molecule has 0 atom stereocenters. The molecule has 0 saturated carbocycles. The quantitative estimate of drug-likeness (QED) is 0.548. The Morgan fingerprint density at radius 3 is 2.28 bits per heavy atom. The van der Waals surface area contributed by atoms with Crippen molar-refractivity contribution in [1.82, 2.24) is 0 Å². The summed E-state index contributed by atoms with van der Waals surface area (Å²) in [7, 11) is 1.42. The molecule has 7 heteroatoms. The third-order valence-corrected chi connectivity index (χ3v) is 3.89. The summed E-state index contributed by atoms with van der Waals surface area (Å²) in [6.45, 7) is 0.0318. The van der Waals surface area contributed by atoms with Gasteiger partial charge >= 0.3 is 5.97 Å². The number of ketones is 2. The van der Waals surface area contributed by atoms with Crippen LogP contribution in [0.1, 0.15) is 42.2 Å². The number of hydrogen-bond donors (Lipinski definition) is 2. The lowest BCUT2D eigenvalue weighted by Gasteiger charge is -2.20. The van der Waals surface area contributed by atoms with Gasteiger partial charge in [0.25, 0.3) is 0 Å². The Bertz CT molecular complexity index is 899. The van der Waals surface area contributed by atoms with Crippen LogP contribution in [-0.2, 0) is 9.47 Å². The molecule has 2 aromatic carbocycles. The molecule has 0 radical (unpaired) electrons. The SMILES string of the molecule is COCCOC(=O)c1c(O)cc2c(c1O)C(=O)c1ccccc1C2=O. The monoisotopic (exact) mass is 342 g/mol. The van der Waals surface area contributed by atoms with Crippen molar-refractivity contribution < 1.29 is 34.1 Å². The Hall–Kier alpha value is -3.19. The Morgan fingerprint density at radius 1 is 1.00 bits per heavy atom. The molecule has 1 aliphatic carbocycles. The van der Waals surface area contributed by atoms with Crippen LogP contribution >= 0.6 is 0 Å². The molecule has 0 heterocycles. The average Bonchev–Trinajstić information content (AvgIpc) is 2.59. The van der Waals surface area contributed by atoms with Crippen LogP contribution in [0.3, 0.4) is 0 Å². The van der Waals surface area contributed by atoms with E-state index in [1.165, 1.54) is 19.2 Å². The molecule has 7 nitrogen and oxygen atoms in total. The average molecular weight is 342 g/mol. The van der Waals surface area contributed by atoms with Gasteiger partial charge in [-0.3, -0.25) is 9.59 Å². The van der Waals surface area contributed by atoms with E-state index in [0.717, 1.165) is 6.07 Å². The molecular weight excluding hydrogens is 328 g/mol. The number of rotatable bonds is 4. The van der Waals surface area contributed by atoms with Gasteiger partial charge in [0.15, 0.2) is 11.6 Å². The highest BCUT2D eigenvalue weighted by atomic mass is 16.6.